The molecule has 24 heavy (non-hydrogen) atoms. The summed E-state index contributed by atoms with van der Waals surface area (Å²) in [7, 11) is 0. The van der Waals surface area contributed by atoms with Gasteiger partial charge < -0.3 is 24.8 Å². The Labute approximate surface area is 147 Å². The molecular formula is C19H38O5. The van der Waals surface area contributed by atoms with Crippen LogP contribution in [0.15, 0.2) is 0 Å². The molecule has 1 aliphatic heterocycles. The smallest absolute Gasteiger partial charge is 0.114 e. The lowest BCUT2D eigenvalue weighted by Crippen LogP contribution is -2.40. The Kier molecular flexibility index (Phi) is 12.8. The Bertz CT molecular complexity index is 287. The third-order valence-electron chi connectivity index (χ3n) is 4.75. The predicted molar refractivity (Wildman–Crippen MR) is 95.0 cm³/mol. The van der Waals surface area contributed by atoms with E-state index in [-0.39, 0.29) is 13.2 Å². The molecule has 1 rings (SSSR count). The number of hydrogen-bond donors (Lipinski definition) is 3. The number of hydrogen-bond acceptors (Lipinski definition) is 5. The van der Waals surface area contributed by atoms with E-state index < -0.39 is 24.4 Å². The van der Waals surface area contributed by atoms with E-state index >= 15 is 0 Å². The normalized spacial score (nSPS) is 25.2. The van der Waals surface area contributed by atoms with Crippen molar-refractivity contribution in [1.82, 2.24) is 0 Å². The van der Waals surface area contributed by atoms with Gasteiger partial charge in [0.15, 0.2) is 0 Å². The first-order chi connectivity index (χ1) is 11.7. The van der Waals surface area contributed by atoms with Crippen LogP contribution in [-0.4, -0.2) is 59.6 Å². The highest BCUT2D eigenvalue weighted by molar-refractivity contribution is 4.87. The van der Waals surface area contributed by atoms with Crippen molar-refractivity contribution in [1.29, 1.82) is 0 Å². The van der Waals surface area contributed by atoms with Gasteiger partial charge in [-0.15, -0.1) is 0 Å². The van der Waals surface area contributed by atoms with Crippen LogP contribution in [0, 0.1) is 0 Å². The molecule has 1 fully saturated rings. The molecule has 0 radical (unpaired) electrons. The maximum atomic E-state index is 9.89. The monoisotopic (exact) mass is 346 g/mol. The maximum absolute atomic E-state index is 9.89. The van der Waals surface area contributed by atoms with Crippen molar-refractivity contribution >= 4 is 0 Å². The highest BCUT2D eigenvalue weighted by atomic mass is 16.5. The molecule has 3 N–H and O–H groups in total. The summed E-state index contributed by atoms with van der Waals surface area (Å²) in [6.07, 6.45) is 10.7. The van der Waals surface area contributed by atoms with Gasteiger partial charge in [-0.25, -0.2) is 0 Å². The fourth-order valence-corrected chi connectivity index (χ4v) is 3.13. The fourth-order valence-electron chi connectivity index (χ4n) is 3.13. The SMILES string of the molecule is CCCCCCCCCCCCCOC[C@H](O)[C@H]1OC[C@@H](O)[C@H]1O. The van der Waals surface area contributed by atoms with Crippen molar-refractivity contribution in [2.24, 2.45) is 0 Å². The van der Waals surface area contributed by atoms with Gasteiger partial charge in [-0.2, -0.15) is 0 Å². The van der Waals surface area contributed by atoms with Crippen LogP contribution >= 0.6 is 0 Å². The molecule has 0 aliphatic carbocycles. The lowest BCUT2D eigenvalue weighted by Gasteiger charge is -2.20. The van der Waals surface area contributed by atoms with Crippen LogP contribution in [0.25, 0.3) is 0 Å². The number of unbranched alkanes of at least 4 members (excludes halogenated alkanes) is 10. The van der Waals surface area contributed by atoms with Crippen molar-refractivity contribution in [3.63, 3.8) is 0 Å². The summed E-state index contributed by atoms with van der Waals surface area (Å²) in [5.41, 5.74) is 0. The molecule has 1 aliphatic rings. The zero-order valence-electron chi connectivity index (χ0n) is 15.4. The standard InChI is InChI=1S/C19H38O5/c1-2-3-4-5-6-7-8-9-10-11-12-13-23-14-17(21)19-18(22)16(20)15-24-19/h16-22H,2-15H2,1H3/t16-,17+,18-,19-/m1/s1. The largest absolute Gasteiger partial charge is 0.388 e. The van der Waals surface area contributed by atoms with Crippen molar-refractivity contribution < 1.29 is 24.8 Å². The van der Waals surface area contributed by atoms with Gasteiger partial charge in [0.2, 0.25) is 0 Å². The van der Waals surface area contributed by atoms with Crippen LogP contribution in [0.5, 0.6) is 0 Å². The summed E-state index contributed by atoms with van der Waals surface area (Å²) in [6, 6.07) is 0. The van der Waals surface area contributed by atoms with Gasteiger partial charge in [0.1, 0.15) is 24.4 Å². The molecule has 0 amide bonds. The minimum atomic E-state index is -1.02. The lowest BCUT2D eigenvalue weighted by atomic mass is 10.1. The zero-order chi connectivity index (χ0) is 17.6. The van der Waals surface area contributed by atoms with Crippen LogP contribution in [0.4, 0.5) is 0 Å². The van der Waals surface area contributed by atoms with E-state index in [2.05, 4.69) is 6.92 Å². The number of aliphatic hydroxyl groups excluding tert-OH is 3. The van der Waals surface area contributed by atoms with Crippen LogP contribution in [-0.2, 0) is 9.47 Å². The minimum Gasteiger partial charge on any atom is -0.388 e. The second-order valence-electron chi connectivity index (χ2n) is 7.03. The molecule has 1 heterocycles. The number of ether oxygens (including phenoxy) is 2. The van der Waals surface area contributed by atoms with Gasteiger partial charge in [-0.05, 0) is 6.42 Å². The summed E-state index contributed by atoms with van der Waals surface area (Å²) >= 11 is 0. The molecule has 0 spiro atoms. The first-order valence-electron chi connectivity index (χ1n) is 9.90. The average molecular weight is 347 g/mol. The third-order valence-corrected chi connectivity index (χ3v) is 4.75. The fraction of sp³-hybridized carbons (Fsp3) is 1.00. The van der Waals surface area contributed by atoms with Gasteiger partial charge in [0.25, 0.3) is 0 Å². The van der Waals surface area contributed by atoms with E-state index in [1.165, 1.54) is 57.8 Å². The van der Waals surface area contributed by atoms with Crippen LogP contribution < -0.4 is 0 Å². The lowest BCUT2D eigenvalue weighted by molar-refractivity contribution is -0.0813. The van der Waals surface area contributed by atoms with Gasteiger partial charge in [-0.1, -0.05) is 71.1 Å². The van der Waals surface area contributed by atoms with Gasteiger partial charge >= 0.3 is 0 Å². The molecule has 4 atom stereocenters. The Morgan fingerprint density at radius 3 is 1.96 bits per heavy atom. The maximum Gasteiger partial charge on any atom is 0.114 e. The van der Waals surface area contributed by atoms with E-state index in [1.807, 2.05) is 0 Å². The quantitative estimate of drug-likeness (QED) is 0.397. The van der Waals surface area contributed by atoms with Gasteiger partial charge in [0, 0.05) is 6.61 Å². The predicted octanol–water partition coefficient (Wildman–Crippen LogP) is 2.80. The van der Waals surface area contributed by atoms with E-state index in [1.54, 1.807) is 0 Å². The number of rotatable bonds is 15. The molecule has 0 aromatic heterocycles. The Balaban J connectivity index is 1.82. The molecule has 0 unspecified atom stereocenters. The second-order valence-corrected chi connectivity index (χ2v) is 7.03. The molecule has 144 valence electrons. The molecule has 0 aromatic carbocycles. The van der Waals surface area contributed by atoms with E-state index in [0.29, 0.717) is 6.61 Å². The molecule has 0 bridgehead atoms. The zero-order valence-corrected chi connectivity index (χ0v) is 15.4. The summed E-state index contributed by atoms with van der Waals surface area (Å²) in [5.74, 6) is 0. The van der Waals surface area contributed by atoms with Crippen LogP contribution in [0.1, 0.15) is 77.6 Å². The highest BCUT2D eigenvalue weighted by Crippen LogP contribution is 2.18. The molecule has 1 saturated heterocycles. The second kappa shape index (κ2) is 14.0. The average Bonchev–Trinajstić information content (AvgIpc) is 2.91. The summed E-state index contributed by atoms with van der Waals surface area (Å²) in [4.78, 5) is 0. The third kappa shape index (κ3) is 9.33. The van der Waals surface area contributed by atoms with Gasteiger partial charge in [0.05, 0.1) is 13.2 Å². The first kappa shape index (κ1) is 21.8. The topological polar surface area (TPSA) is 79.2 Å². The first-order valence-corrected chi connectivity index (χ1v) is 9.90. The molecule has 0 saturated carbocycles. The number of aliphatic hydroxyl groups is 3. The van der Waals surface area contributed by atoms with E-state index in [9.17, 15) is 15.3 Å². The Morgan fingerprint density at radius 2 is 1.46 bits per heavy atom. The molecule has 0 aromatic rings. The highest BCUT2D eigenvalue weighted by Gasteiger charge is 2.39. The van der Waals surface area contributed by atoms with Crippen LogP contribution in [0.2, 0.25) is 0 Å². The molecule has 5 heteroatoms. The van der Waals surface area contributed by atoms with E-state index in [4.69, 9.17) is 9.47 Å². The van der Waals surface area contributed by atoms with Crippen molar-refractivity contribution in [3.8, 4) is 0 Å². The Morgan fingerprint density at radius 1 is 0.917 bits per heavy atom. The molecular weight excluding hydrogens is 308 g/mol. The van der Waals surface area contributed by atoms with Crippen LogP contribution in [0.3, 0.4) is 0 Å². The summed E-state index contributed by atoms with van der Waals surface area (Å²) < 4.78 is 10.6. The van der Waals surface area contributed by atoms with Crippen molar-refractivity contribution in [2.75, 3.05) is 19.8 Å². The Hall–Kier alpha value is -0.200. The van der Waals surface area contributed by atoms with Crippen molar-refractivity contribution in [3.05, 3.63) is 0 Å². The minimum absolute atomic E-state index is 0.0709. The summed E-state index contributed by atoms with van der Waals surface area (Å²) in [5, 5.41) is 28.9. The van der Waals surface area contributed by atoms with Crippen molar-refractivity contribution in [2.45, 2.75) is 102 Å². The summed E-state index contributed by atoms with van der Waals surface area (Å²) in [6.45, 7) is 3.09. The van der Waals surface area contributed by atoms with E-state index in [0.717, 1.165) is 12.8 Å². The van der Waals surface area contributed by atoms with Gasteiger partial charge in [-0.3, -0.25) is 0 Å². The molecule has 5 nitrogen and oxygen atoms in total.